The van der Waals surface area contributed by atoms with E-state index in [0.717, 1.165) is 24.5 Å². The number of carbonyl (C=O) groups is 11. The minimum Gasteiger partial charge on any atom is -0.377 e. The maximum atomic E-state index is 15.7. The molecule has 2 saturated heterocycles. The topological polar surface area (TPSA) is 259 Å². The molecule has 12 atom stereocenters. The molecule has 33 heteroatoms. The van der Waals surface area contributed by atoms with Crippen LogP contribution in [0.1, 0.15) is 176 Å². The van der Waals surface area contributed by atoms with Gasteiger partial charge in [-0.3, -0.25) is 52.7 Å². The number of alkyl halides is 10. The number of halogens is 10. The first-order chi connectivity index (χ1) is 49.5. The van der Waals surface area contributed by atoms with E-state index < -0.39 is 255 Å². The van der Waals surface area contributed by atoms with E-state index in [2.05, 4.69) is 16.0 Å². The highest BCUT2D eigenvalue weighted by Crippen LogP contribution is 2.49. The largest absolute Gasteiger partial charge is 0.397 e. The van der Waals surface area contributed by atoms with Crippen LogP contribution in [-0.4, -0.2) is 270 Å². The Balaban J connectivity index is 1.32. The molecule has 3 aliphatic heterocycles. The molecule has 4 saturated carbocycles. The Morgan fingerprint density at radius 1 is 0.613 bits per heavy atom. The van der Waals surface area contributed by atoms with Crippen molar-refractivity contribution in [3.05, 3.63) is 12.2 Å². The fourth-order valence-electron chi connectivity index (χ4n) is 17.1. The first-order valence-corrected chi connectivity index (χ1v) is 37.6. The average molecular weight is 1520 g/mol. The number of nitrogens with zero attached hydrogens (tertiary/aromatic N) is 8. The zero-order chi connectivity index (χ0) is 79.0. The second kappa shape index (κ2) is 36.1. The van der Waals surface area contributed by atoms with E-state index >= 15 is 46.3 Å². The van der Waals surface area contributed by atoms with Crippen molar-refractivity contribution in [1.29, 1.82) is 0 Å². The van der Waals surface area contributed by atoms with Crippen LogP contribution in [0.3, 0.4) is 0 Å². The molecule has 0 aromatic rings. The minimum absolute atomic E-state index is 0.00402. The maximum absolute atomic E-state index is 15.7. The molecule has 3 N–H and O–H groups in total. The summed E-state index contributed by atoms with van der Waals surface area (Å²) in [6, 6.07) is -11.1. The summed E-state index contributed by atoms with van der Waals surface area (Å²) >= 11 is 0. The third-order valence-electron chi connectivity index (χ3n) is 23.6. The molecule has 11 amide bonds. The Bertz CT molecular complexity index is 3150. The van der Waals surface area contributed by atoms with Gasteiger partial charge in [-0.05, 0) is 126 Å². The van der Waals surface area contributed by atoms with E-state index in [1.807, 2.05) is 0 Å². The fraction of sp³-hybridized carbons (Fsp3) is 0.822. The summed E-state index contributed by atoms with van der Waals surface area (Å²) in [4.78, 5) is 174. The van der Waals surface area contributed by atoms with Crippen molar-refractivity contribution in [2.24, 2.45) is 41.4 Å². The zero-order valence-corrected chi connectivity index (χ0v) is 63.2. The maximum Gasteiger partial charge on any atom is 0.397 e. The highest BCUT2D eigenvalue weighted by molar-refractivity contribution is 6.00. The van der Waals surface area contributed by atoms with E-state index in [1.165, 1.54) is 57.0 Å². The third-order valence-corrected chi connectivity index (χ3v) is 23.6. The molecule has 3 heterocycles. The van der Waals surface area contributed by atoms with Gasteiger partial charge in [-0.15, -0.1) is 0 Å². The molecule has 0 aromatic carbocycles. The summed E-state index contributed by atoms with van der Waals surface area (Å²) in [5.74, 6) is -21.1. The van der Waals surface area contributed by atoms with E-state index in [4.69, 9.17) is 4.74 Å². The highest BCUT2D eigenvalue weighted by Gasteiger charge is 2.64. The van der Waals surface area contributed by atoms with Gasteiger partial charge >= 0.3 is 12.4 Å². The Morgan fingerprint density at radius 2 is 1.23 bits per heavy atom. The SMILES string of the molecule is CCO[C@@H]1C[C@H]2C(=O)NC3(CC(F)(F)C3)C(=O)N(C)[C@@H](C3CCCC3)C(=O)N(C)[C@@H](C(C)C)CC(=O)N(C)[C@@H](CC)C(=O)N[C@@H]([C@@H](C)CC)C(=O)N(C)CC(=O)N(C)[C@H]3C/C=C\CCN(C3=O)[C@@H](CC3CCC(C(F)(F)F)CC3)C(=O)N(C)CC(=O)N[C@@H](CCC3CC(F)C(C(F)(F)F)C(F)C3)C(=O)N2C1. The summed E-state index contributed by atoms with van der Waals surface area (Å²) < 4.78 is 152. The van der Waals surface area contributed by atoms with Crippen LogP contribution in [0.5, 0.6) is 0 Å². The van der Waals surface area contributed by atoms with Crippen LogP contribution in [0.25, 0.3) is 0 Å². The van der Waals surface area contributed by atoms with Crippen LogP contribution in [0.15, 0.2) is 12.2 Å². The lowest BCUT2D eigenvalue weighted by molar-refractivity contribution is -0.219. The standard InChI is InChI=1S/C73H111F10N11O12/c1-13-42(6)60-67(103)88(8)38-58(97)90(10)52-23-17-16-20-30-93(66(52)102)55(33-43-24-27-46(28-25-43)72(78,79)80)65(101)87(7)37-56(95)84-50(29-26-44-31-48(74)59(49(75)32-44)73(81,82)83)64(100)94-36-47(106-15-3)34-54(94)63(99)86-70(39-71(76,77)40-70)69(105)92(12)61(45-21-18-19-22-45)68(104)91(11)53(41(4)5)35-57(96)89(9)51(14-2)62(98)85-60/h16-17,41-55,59-61H,13-15,18-40H2,1-12H3,(H,84,95)(H,85,98)(H,86,99)/b17-16-/t42-,43?,44?,46?,47+,48?,49?,50-,51-,52-,53+,54-,55-,59?,60-,61-/m0/s1. The van der Waals surface area contributed by atoms with Crippen LogP contribution in [-0.2, 0) is 57.5 Å². The predicted molar refractivity (Wildman–Crippen MR) is 368 cm³/mol. The van der Waals surface area contributed by atoms with Crippen molar-refractivity contribution in [2.45, 2.75) is 267 Å². The summed E-state index contributed by atoms with van der Waals surface area (Å²) in [5.41, 5.74) is -2.42. The Labute approximate surface area is 615 Å². The molecule has 106 heavy (non-hydrogen) atoms. The van der Waals surface area contributed by atoms with Crippen molar-refractivity contribution in [3.63, 3.8) is 0 Å². The van der Waals surface area contributed by atoms with E-state index in [1.54, 1.807) is 53.7 Å². The number of likely N-dealkylation sites (N-methyl/N-ethyl adjacent to an activating group) is 6. The van der Waals surface area contributed by atoms with Gasteiger partial charge in [-0.2, -0.15) is 26.3 Å². The lowest BCUT2D eigenvalue weighted by Gasteiger charge is -2.50. The number of ether oxygens (including phenoxy) is 1. The van der Waals surface area contributed by atoms with E-state index in [-0.39, 0.29) is 77.4 Å². The first-order valence-electron chi connectivity index (χ1n) is 37.6. The van der Waals surface area contributed by atoms with Gasteiger partial charge in [0.2, 0.25) is 65.0 Å². The Morgan fingerprint density at radius 3 is 1.78 bits per heavy atom. The number of hydrogen-bond acceptors (Lipinski definition) is 12. The molecule has 23 nitrogen and oxygen atoms in total. The second-order valence-electron chi connectivity index (χ2n) is 31.4. The Hall–Kier alpha value is -6.83. The van der Waals surface area contributed by atoms with Crippen LogP contribution in [0, 0.1) is 41.4 Å². The Kier molecular flexibility index (Phi) is 29.5. The molecule has 600 valence electrons. The lowest BCUT2D eigenvalue weighted by atomic mass is 9.71. The second-order valence-corrected chi connectivity index (χ2v) is 31.4. The van der Waals surface area contributed by atoms with Crippen molar-refractivity contribution in [1.82, 2.24) is 55.1 Å². The molecule has 4 aliphatic carbocycles. The summed E-state index contributed by atoms with van der Waals surface area (Å²) in [5, 5.41) is 7.90. The van der Waals surface area contributed by atoms with Crippen LogP contribution >= 0.6 is 0 Å². The monoisotopic (exact) mass is 1520 g/mol. The van der Waals surface area contributed by atoms with Gasteiger partial charge in [0, 0.05) is 93.7 Å². The number of hydrogen-bond donors (Lipinski definition) is 3. The number of rotatable bonds is 12. The molecular weight excluding hydrogens is 1410 g/mol. The van der Waals surface area contributed by atoms with E-state index in [0.29, 0.717) is 32.1 Å². The molecular formula is C73H111F10N11O12. The van der Waals surface area contributed by atoms with Gasteiger partial charge in [0.25, 0.3) is 5.92 Å². The van der Waals surface area contributed by atoms with Crippen molar-refractivity contribution < 1.29 is 101 Å². The van der Waals surface area contributed by atoms with Gasteiger partial charge in [-0.1, -0.05) is 66.0 Å². The van der Waals surface area contributed by atoms with Gasteiger partial charge in [-0.25, -0.2) is 17.6 Å². The molecule has 0 radical (unpaired) electrons. The summed E-state index contributed by atoms with van der Waals surface area (Å²) in [7, 11) is 7.89. The van der Waals surface area contributed by atoms with E-state index in [9.17, 15) is 50.3 Å². The number of amides is 11. The third kappa shape index (κ3) is 20.5. The summed E-state index contributed by atoms with van der Waals surface area (Å²) in [6.45, 7) is 8.04. The van der Waals surface area contributed by atoms with Crippen molar-refractivity contribution in [3.8, 4) is 0 Å². The zero-order valence-electron chi connectivity index (χ0n) is 63.2. The molecule has 7 rings (SSSR count). The van der Waals surface area contributed by atoms with Gasteiger partial charge < -0.3 is 59.9 Å². The number of carbonyl (C=O) groups excluding carboxylic acids is 11. The van der Waals surface area contributed by atoms with Gasteiger partial charge in [0.15, 0.2) is 0 Å². The predicted octanol–water partition coefficient (Wildman–Crippen LogP) is 7.53. The van der Waals surface area contributed by atoms with Gasteiger partial charge in [0.1, 0.15) is 66.1 Å². The lowest BCUT2D eigenvalue weighted by Crippen LogP contribution is -2.72. The van der Waals surface area contributed by atoms with Crippen LogP contribution < -0.4 is 16.0 Å². The molecule has 2 unspecified atom stereocenters. The first kappa shape index (κ1) is 86.4. The minimum atomic E-state index is -5.25. The van der Waals surface area contributed by atoms with Crippen LogP contribution in [0.4, 0.5) is 43.9 Å². The number of nitrogens with one attached hydrogen (secondary N) is 3. The van der Waals surface area contributed by atoms with Gasteiger partial charge in [0.05, 0.1) is 25.1 Å². The fourth-order valence-corrected chi connectivity index (χ4v) is 17.1. The molecule has 2 bridgehead atoms. The molecule has 7 aliphatic rings. The molecule has 1 spiro atoms. The van der Waals surface area contributed by atoms with Crippen molar-refractivity contribution >= 4 is 65.0 Å². The average Bonchev–Trinajstić information content (AvgIpc) is 0.905. The smallest absolute Gasteiger partial charge is 0.377 e. The molecule has 0 aromatic heterocycles. The summed E-state index contributed by atoms with van der Waals surface area (Å²) in [6.07, 6.45) is -17.0. The number of fused-ring (bicyclic) bond motifs is 3. The molecule has 6 fully saturated rings. The van der Waals surface area contributed by atoms with Crippen LogP contribution in [0.2, 0.25) is 0 Å². The quantitative estimate of drug-likeness (QED) is 0.127. The van der Waals surface area contributed by atoms with Crippen molar-refractivity contribution in [2.75, 3.05) is 75.1 Å². The highest BCUT2D eigenvalue weighted by atomic mass is 19.4. The normalized spacial score (nSPS) is 32.9.